The van der Waals surface area contributed by atoms with Crippen LogP contribution in [-0.2, 0) is 10.1 Å². The Morgan fingerprint density at radius 2 is 1.95 bits per heavy atom. The molecule has 0 N–H and O–H groups in total. The Hall–Kier alpha value is -1.60. The second-order valence-corrected chi connectivity index (χ2v) is 9.41. The molecule has 0 bridgehead atoms. The van der Waals surface area contributed by atoms with Crippen LogP contribution in [0.5, 0.6) is 0 Å². The summed E-state index contributed by atoms with van der Waals surface area (Å²) in [5.74, 6) is 0.549. The Labute approximate surface area is 137 Å². The first kappa shape index (κ1) is 14.0. The lowest BCUT2D eigenvalue weighted by molar-refractivity contribution is 0.588. The van der Waals surface area contributed by atoms with Gasteiger partial charge in [-0.25, -0.2) is 4.99 Å². The van der Waals surface area contributed by atoms with E-state index in [1.54, 1.807) is 0 Å². The highest BCUT2D eigenvalue weighted by Crippen LogP contribution is 2.44. The number of thiophene rings is 2. The van der Waals surface area contributed by atoms with Gasteiger partial charge in [-0.15, -0.1) is 0 Å². The lowest BCUT2D eigenvalue weighted by atomic mass is 10.1. The largest absolute Gasteiger partial charge is 0.620 e. The molecule has 3 nitrogen and oxygen atoms in total. The SMILES string of the molecule is Cc1cccc(C2=Nc3ccsc3[S+]([O-])(c3cccs3)=N2)c1. The summed E-state index contributed by atoms with van der Waals surface area (Å²) in [6.07, 6.45) is 0. The van der Waals surface area contributed by atoms with Gasteiger partial charge in [-0.05, 0) is 35.9 Å². The molecule has 0 radical (unpaired) electrons. The second-order valence-electron chi connectivity index (χ2n) is 4.95. The van der Waals surface area contributed by atoms with Crippen LogP contribution < -0.4 is 0 Å². The zero-order valence-corrected chi connectivity index (χ0v) is 14.2. The highest BCUT2D eigenvalue weighted by atomic mass is 32.3. The van der Waals surface area contributed by atoms with Gasteiger partial charge in [0.25, 0.3) is 0 Å². The molecule has 1 aliphatic heterocycles. The number of aliphatic imine (C=N–C) groups is 1. The molecule has 0 aliphatic carbocycles. The first-order chi connectivity index (χ1) is 10.7. The predicted octanol–water partition coefficient (Wildman–Crippen LogP) is 5.10. The first-order valence-electron chi connectivity index (χ1n) is 6.71. The average Bonchev–Trinajstić information content (AvgIpc) is 3.19. The van der Waals surface area contributed by atoms with Crippen molar-refractivity contribution in [3.8, 4) is 0 Å². The van der Waals surface area contributed by atoms with Crippen LogP contribution in [0.25, 0.3) is 0 Å². The fraction of sp³-hybridized carbons (Fsp3) is 0.0625. The molecule has 4 rings (SSSR count). The summed E-state index contributed by atoms with van der Waals surface area (Å²) in [5.41, 5.74) is 2.81. The Morgan fingerprint density at radius 3 is 2.73 bits per heavy atom. The number of aryl methyl sites for hydroxylation is 1. The lowest BCUT2D eigenvalue weighted by Crippen LogP contribution is -2.16. The van der Waals surface area contributed by atoms with Crippen molar-refractivity contribution in [2.45, 2.75) is 15.3 Å². The number of nitrogens with zero attached hydrogens (tertiary/aromatic N) is 2. The van der Waals surface area contributed by atoms with Gasteiger partial charge in [0.05, 0.1) is 0 Å². The van der Waals surface area contributed by atoms with E-state index >= 15 is 0 Å². The fourth-order valence-corrected chi connectivity index (χ4v) is 7.02. The number of fused-ring (bicyclic) bond motifs is 1. The highest BCUT2D eigenvalue weighted by molar-refractivity contribution is 8.03. The van der Waals surface area contributed by atoms with E-state index in [1.807, 2.05) is 60.1 Å². The van der Waals surface area contributed by atoms with Crippen LogP contribution in [-0.4, -0.2) is 10.4 Å². The average molecular weight is 344 g/mol. The van der Waals surface area contributed by atoms with Crippen LogP contribution >= 0.6 is 22.7 Å². The summed E-state index contributed by atoms with van der Waals surface area (Å²) in [5, 5.41) is 3.86. The molecule has 0 saturated carbocycles. The van der Waals surface area contributed by atoms with E-state index in [-0.39, 0.29) is 0 Å². The van der Waals surface area contributed by atoms with Crippen LogP contribution in [0.3, 0.4) is 0 Å². The number of amidine groups is 1. The Balaban J connectivity index is 1.97. The van der Waals surface area contributed by atoms with Crippen LogP contribution in [0, 0.1) is 6.92 Å². The third-order valence-corrected chi connectivity index (χ3v) is 8.46. The molecule has 0 saturated heterocycles. The number of rotatable bonds is 2. The molecular formula is C16H12N2OS3. The summed E-state index contributed by atoms with van der Waals surface area (Å²) in [7, 11) is -2.62. The van der Waals surface area contributed by atoms with Crippen molar-refractivity contribution in [2.75, 3.05) is 0 Å². The third-order valence-electron chi connectivity index (χ3n) is 3.35. The molecule has 1 aromatic carbocycles. The van der Waals surface area contributed by atoms with Gasteiger partial charge in [0.1, 0.15) is 5.69 Å². The molecule has 2 aromatic heterocycles. The van der Waals surface area contributed by atoms with Gasteiger partial charge in [0, 0.05) is 21.7 Å². The van der Waals surface area contributed by atoms with E-state index in [9.17, 15) is 4.55 Å². The van der Waals surface area contributed by atoms with Crippen molar-refractivity contribution < 1.29 is 4.55 Å². The van der Waals surface area contributed by atoms with Gasteiger partial charge in [-0.2, -0.15) is 0 Å². The minimum absolute atomic E-state index is 0.549. The Morgan fingerprint density at radius 1 is 1.05 bits per heavy atom. The number of hydrogen-bond acceptors (Lipinski definition) is 5. The van der Waals surface area contributed by atoms with E-state index in [0.29, 0.717) is 5.84 Å². The van der Waals surface area contributed by atoms with Crippen molar-refractivity contribution in [2.24, 2.45) is 9.36 Å². The van der Waals surface area contributed by atoms with Gasteiger partial charge in [-0.1, -0.05) is 50.8 Å². The molecule has 1 aliphatic rings. The van der Waals surface area contributed by atoms with Crippen molar-refractivity contribution in [1.82, 2.24) is 0 Å². The van der Waals surface area contributed by atoms with E-state index in [4.69, 9.17) is 0 Å². The Kier molecular flexibility index (Phi) is 3.34. The summed E-state index contributed by atoms with van der Waals surface area (Å²) in [6.45, 7) is 2.03. The van der Waals surface area contributed by atoms with Crippen molar-refractivity contribution >= 4 is 44.3 Å². The fourth-order valence-electron chi connectivity index (χ4n) is 2.33. The van der Waals surface area contributed by atoms with Crippen LogP contribution in [0.15, 0.2) is 71.0 Å². The highest BCUT2D eigenvalue weighted by Gasteiger charge is 2.32. The maximum Gasteiger partial charge on any atom is 0.222 e. The number of hydrogen-bond donors (Lipinski definition) is 0. The molecule has 110 valence electrons. The Bertz CT molecular complexity index is 923. The van der Waals surface area contributed by atoms with Gasteiger partial charge >= 0.3 is 0 Å². The molecular weight excluding hydrogens is 332 g/mol. The predicted molar refractivity (Wildman–Crippen MR) is 93.1 cm³/mol. The van der Waals surface area contributed by atoms with Crippen LogP contribution in [0.4, 0.5) is 5.69 Å². The molecule has 22 heavy (non-hydrogen) atoms. The summed E-state index contributed by atoms with van der Waals surface area (Å²) in [4.78, 5) is 4.61. The van der Waals surface area contributed by atoms with E-state index in [0.717, 1.165) is 25.2 Å². The minimum atomic E-state index is -2.62. The maximum absolute atomic E-state index is 13.6. The van der Waals surface area contributed by atoms with Crippen LogP contribution in [0.1, 0.15) is 11.1 Å². The van der Waals surface area contributed by atoms with E-state index < -0.39 is 10.1 Å². The molecule has 0 fully saturated rings. The van der Waals surface area contributed by atoms with Gasteiger partial charge in [0.2, 0.25) is 10.0 Å². The van der Waals surface area contributed by atoms with E-state index in [1.165, 1.54) is 22.7 Å². The molecule has 0 amide bonds. The smallest absolute Gasteiger partial charge is 0.222 e. The molecule has 1 unspecified atom stereocenters. The van der Waals surface area contributed by atoms with Crippen LogP contribution in [0.2, 0.25) is 0 Å². The van der Waals surface area contributed by atoms with Gasteiger partial charge in [-0.3, -0.25) is 0 Å². The zero-order chi connectivity index (χ0) is 15.2. The minimum Gasteiger partial charge on any atom is -0.620 e. The standard InChI is InChI=1S/C16H12N2OS3/c1-11-4-2-5-12(10-11)15-17-13-7-9-21-16(13)22(19,18-15)14-6-3-8-20-14/h2-10H,1H3. The maximum atomic E-state index is 13.6. The monoisotopic (exact) mass is 344 g/mol. The molecule has 6 heteroatoms. The third kappa shape index (κ3) is 2.19. The van der Waals surface area contributed by atoms with Crippen molar-refractivity contribution in [1.29, 1.82) is 0 Å². The summed E-state index contributed by atoms with van der Waals surface area (Å²) >= 11 is 2.94. The summed E-state index contributed by atoms with van der Waals surface area (Å²) in [6, 6.07) is 13.7. The topological polar surface area (TPSA) is 47.8 Å². The number of benzene rings is 1. The first-order valence-corrected chi connectivity index (χ1v) is 9.98. The quantitative estimate of drug-likeness (QED) is 0.597. The zero-order valence-electron chi connectivity index (χ0n) is 11.7. The molecule has 3 heterocycles. The second kappa shape index (κ2) is 5.24. The van der Waals surface area contributed by atoms with Crippen molar-refractivity contribution in [3.05, 3.63) is 64.4 Å². The normalized spacial score (nSPS) is 20.2. The van der Waals surface area contributed by atoms with Crippen molar-refractivity contribution in [3.63, 3.8) is 0 Å². The summed E-state index contributed by atoms with van der Waals surface area (Å²) < 4.78 is 19.7. The molecule has 1 atom stereocenters. The molecule has 3 aromatic rings. The van der Waals surface area contributed by atoms with E-state index in [2.05, 4.69) is 9.36 Å². The lowest BCUT2D eigenvalue weighted by Gasteiger charge is -2.22. The molecule has 0 spiro atoms. The van der Waals surface area contributed by atoms with Gasteiger partial charge in [0.15, 0.2) is 4.21 Å². The van der Waals surface area contributed by atoms with Gasteiger partial charge < -0.3 is 4.55 Å².